The topological polar surface area (TPSA) is 86.8 Å². The molecule has 0 spiro atoms. The predicted octanol–water partition coefficient (Wildman–Crippen LogP) is 0.678. The molecule has 1 aliphatic rings. The Kier molecular flexibility index (Phi) is 5.95. The number of amides is 2. The van der Waals surface area contributed by atoms with Crippen molar-refractivity contribution in [2.75, 3.05) is 26.2 Å². The van der Waals surface area contributed by atoms with Crippen molar-refractivity contribution in [3.63, 3.8) is 0 Å². The van der Waals surface area contributed by atoms with Crippen LogP contribution in [0, 0.1) is 0 Å². The van der Waals surface area contributed by atoms with E-state index in [-0.39, 0.29) is 16.8 Å². The second kappa shape index (κ2) is 7.76. The van der Waals surface area contributed by atoms with Crippen LogP contribution in [-0.2, 0) is 14.8 Å². The zero-order valence-electron chi connectivity index (χ0n) is 13.9. The number of nitrogens with one attached hydrogen (secondary N) is 1. The molecule has 0 radical (unpaired) electrons. The van der Waals surface area contributed by atoms with Gasteiger partial charge < -0.3 is 9.80 Å². The molecule has 1 heterocycles. The summed E-state index contributed by atoms with van der Waals surface area (Å²) in [4.78, 5) is 26.6. The highest BCUT2D eigenvalue weighted by Crippen LogP contribution is 2.14. The fourth-order valence-corrected chi connectivity index (χ4v) is 3.73. The molecule has 2 rings (SSSR count). The Morgan fingerprint density at radius 2 is 1.79 bits per heavy atom. The number of benzene rings is 1. The summed E-state index contributed by atoms with van der Waals surface area (Å²) in [5, 5.41) is 0. The number of piperazine rings is 1. The highest BCUT2D eigenvalue weighted by atomic mass is 32.2. The summed E-state index contributed by atoms with van der Waals surface area (Å²) in [6, 6.07) is 5.80. The normalized spacial score (nSPS) is 16.8. The summed E-state index contributed by atoms with van der Waals surface area (Å²) < 4.78 is 27.0. The smallest absolute Gasteiger partial charge is 0.253 e. The molecule has 0 saturated carbocycles. The first-order chi connectivity index (χ1) is 11.4. The molecule has 1 atom stereocenters. The van der Waals surface area contributed by atoms with Crippen molar-refractivity contribution < 1.29 is 18.0 Å². The first-order valence-corrected chi connectivity index (χ1v) is 9.46. The van der Waals surface area contributed by atoms with Gasteiger partial charge in [-0.15, -0.1) is 0 Å². The van der Waals surface area contributed by atoms with E-state index >= 15 is 0 Å². The number of carbonyl (C=O) groups is 2. The van der Waals surface area contributed by atoms with Crippen molar-refractivity contribution in [2.24, 2.45) is 0 Å². The summed E-state index contributed by atoms with van der Waals surface area (Å²) in [6.07, 6.45) is 1.48. The largest absolute Gasteiger partial charge is 0.342 e. The van der Waals surface area contributed by atoms with Crippen LogP contribution in [0.15, 0.2) is 29.2 Å². The van der Waals surface area contributed by atoms with Gasteiger partial charge in [-0.2, -0.15) is 0 Å². The summed E-state index contributed by atoms with van der Waals surface area (Å²) >= 11 is 0. The lowest BCUT2D eigenvalue weighted by Gasteiger charge is -2.32. The molecule has 0 bridgehead atoms. The lowest BCUT2D eigenvalue weighted by Crippen LogP contribution is -2.48. The summed E-state index contributed by atoms with van der Waals surface area (Å²) in [5.41, 5.74) is 0.442. The number of hydrogen-bond acceptors (Lipinski definition) is 4. The van der Waals surface area contributed by atoms with E-state index in [9.17, 15) is 18.0 Å². The Bertz CT molecular complexity index is 680. The summed E-state index contributed by atoms with van der Waals surface area (Å²) in [5.74, 6) is -0.153. The predicted molar refractivity (Wildman–Crippen MR) is 90.1 cm³/mol. The van der Waals surface area contributed by atoms with Gasteiger partial charge in [0.2, 0.25) is 16.4 Å². The van der Waals surface area contributed by atoms with Crippen molar-refractivity contribution in [1.82, 2.24) is 14.5 Å². The first kappa shape index (κ1) is 18.4. The van der Waals surface area contributed by atoms with Crippen molar-refractivity contribution >= 4 is 22.3 Å². The molecule has 1 aliphatic heterocycles. The first-order valence-electron chi connectivity index (χ1n) is 7.98. The molecular weight excluding hydrogens is 330 g/mol. The van der Waals surface area contributed by atoms with Gasteiger partial charge in [-0.3, -0.25) is 9.59 Å². The van der Waals surface area contributed by atoms with Crippen LogP contribution < -0.4 is 4.72 Å². The quantitative estimate of drug-likeness (QED) is 0.762. The van der Waals surface area contributed by atoms with Crippen LogP contribution in [0.4, 0.5) is 0 Å². The van der Waals surface area contributed by atoms with E-state index in [1.54, 1.807) is 16.7 Å². The summed E-state index contributed by atoms with van der Waals surface area (Å²) in [6.45, 7) is 5.69. The fraction of sp³-hybridized carbons (Fsp3) is 0.500. The lowest BCUT2D eigenvalue weighted by atomic mass is 10.2. The zero-order valence-corrected chi connectivity index (χ0v) is 14.8. The average molecular weight is 353 g/mol. The second-order valence-electron chi connectivity index (χ2n) is 5.89. The van der Waals surface area contributed by atoms with Crippen LogP contribution in [0.1, 0.15) is 30.6 Å². The molecule has 1 unspecified atom stereocenters. The molecule has 1 aromatic carbocycles. The highest BCUT2D eigenvalue weighted by molar-refractivity contribution is 7.89. The van der Waals surface area contributed by atoms with Gasteiger partial charge in [0.25, 0.3) is 5.91 Å². The number of carbonyl (C=O) groups excluding carboxylic acids is 2. The molecule has 1 N–H and O–H groups in total. The van der Waals surface area contributed by atoms with Gasteiger partial charge in [0, 0.05) is 37.8 Å². The Balaban J connectivity index is 2.06. The molecule has 2 amide bonds. The maximum atomic E-state index is 12.4. The molecule has 0 aromatic heterocycles. The van der Waals surface area contributed by atoms with Crippen molar-refractivity contribution in [3.05, 3.63) is 29.8 Å². The zero-order chi connectivity index (χ0) is 17.7. The SMILES string of the molecule is CCC(C)NS(=O)(=O)c1ccc(C(=O)N2CCN(C=O)CC2)cc1. The number of nitrogens with zero attached hydrogens (tertiary/aromatic N) is 2. The van der Waals surface area contributed by atoms with Gasteiger partial charge in [0.1, 0.15) is 0 Å². The van der Waals surface area contributed by atoms with E-state index in [0.717, 1.165) is 6.41 Å². The van der Waals surface area contributed by atoms with Crippen LogP contribution in [0.25, 0.3) is 0 Å². The van der Waals surface area contributed by atoms with Crippen molar-refractivity contribution in [3.8, 4) is 0 Å². The molecule has 1 saturated heterocycles. The van der Waals surface area contributed by atoms with Crippen LogP contribution in [0.2, 0.25) is 0 Å². The van der Waals surface area contributed by atoms with E-state index in [1.165, 1.54) is 24.3 Å². The molecule has 1 aromatic rings. The Hall–Kier alpha value is -1.93. The Morgan fingerprint density at radius 1 is 1.21 bits per heavy atom. The standard InChI is InChI=1S/C16H23N3O4S/c1-3-13(2)17-24(22,23)15-6-4-14(5-7-15)16(21)19-10-8-18(12-20)9-11-19/h4-7,12-13,17H,3,8-11H2,1-2H3. The van der Waals surface area contributed by atoms with Crippen LogP contribution in [-0.4, -0.2) is 62.8 Å². The monoisotopic (exact) mass is 353 g/mol. The number of rotatable bonds is 6. The highest BCUT2D eigenvalue weighted by Gasteiger charge is 2.22. The van der Waals surface area contributed by atoms with Gasteiger partial charge in [-0.25, -0.2) is 13.1 Å². The third kappa shape index (κ3) is 4.33. The maximum Gasteiger partial charge on any atom is 0.253 e. The van der Waals surface area contributed by atoms with E-state index in [0.29, 0.717) is 38.2 Å². The molecular formula is C16H23N3O4S. The molecule has 24 heavy (non-hydrogen) atoms. The fourth-order valence-electron chi connectivity index (χ4n) is 2.41. The second-order valence-corrected chi connectivity index (χ2v) is 7.60. The van der Waals surface area contributed by atoms with Crippen LogP contribution in [0.5, 0.6) is 0 Å². The van der Waals surface area contributed by atoms with Crippen LogP contribution >= 0.6 is 0 Å². The van der Waals surface area contributed by atoms with Gasteiger partial charge in [-0.05, 0) is 37.6 Å². The maximum absolute atomic E-state index is 12.4. The third-order valence-electron chi connectivity index (χ3n) is 4.13. The van der Waals surface area contributed by atoms with Gasteiger partial charge in [-0.1, -0.05) is 6.92 Å². The molecule has 132 valence electrons. The molecule has 1 fully saturated rings. The van der Waals surface area contributed by atoms with Crippen LogP contribution in [0.3, 0.4) is 0 Å². The van der Waals surface area contributed by atoms with E-state index in [2.05, 4.69) is 4.72 Å². The number of sulfonamides is 1. The van der Waals surface area contributed by atoms with E-state index in [4.69, 9.17) is 0 Å². The van der Waals surface area contributed by atoms with Gasteiger partial charge in [0.05, 0.1) is 4.90 Å². The minimum atomic E-state index is -3.57. The third-order valence-corrected chi connectivity index (χ3v) is 5.74. The average Bonchev–Trinajstić information content (AvgIpc) is 2.61. The minimum absolute atomic E-state index is 0.144. The Morgan fingerprint density at radius 3 is 2.29 bits per heavy atom. The Labute approximate surface area is 142 Å². The lowest BCUT2D eigenvalue weighted by molar-refractivity contribution is -0.119. The molecule has 8 heteroatoms. The van der Waals surface area contributed by atoms with Gasteiger partial charge in [0.15, 0.2) is 0 Å². The van der Waals surface area contributed by atoms with Gasteiger partial charge >= 0.3 is 0 Å². The summed E-state index contributed by atoms with van der Waals surface area (Å²) in [7, 11) is -3.57. The van der Waals surface area contributed by atoms with Crippen molar-refractivity contribution in [1.29, 1.82) is 0 Å². The molecule has 7 nitrogen and oxygen atoms in total. The molecule has 0 aliphatic carbocycles. The van der Waals surface area contributed by atoms with Crippen molar-refractivity contribution in [2.45, 2.75) is 31.2 Å². The van der Waals surface area contributed by atoms with E-state index in [1.807, 2.05) is 6.92 Å². The minimum Gasteiger partial charge on any atom is -0.342 e. The van der Waals surface area contributed by atoms with E-state index < -0.39 is 10.0 Å². The number of hydrogen-bond donors (Lipinski definition) is 1.